The number of nitrogens with zero attached hydrogens (tertiary/aromatic N) is 4. The number of rotatable bonds is 3. The van der Waals surface area contributed by atoms with Gasteiger partial charge in [0.25, 0.3) is 0 Å². The summed E-state index contributed by atoms with van der Waals surface area (Å²) in [4.78, 5) is 11.2. The number of likely N-dealkylation sites (tertiary alicyclic amines) is 1. The monoisotopic (exact) mass is 264 g/mol. The number of halogens is 1. The van der Waals surface area contributed by atoms with Crippen molar-refractivity contribution in [3.8, 4) is 0 Å². The zero-order chi connectivity index (χ0) is 12.5. The van der Waals surface area contributed by atoms with Crippen molar-refractivity contribution in [2.75, 3.05) is 26.0 Å². The minimum absolute atomic E-state index is 0.514. The van der Waals surface area contributed by atoms with Gasteiger partial charge < -0.3 is 9.47 Å². The number of aromatic nitrogens is 3. The van der Waals surface area contributed by atoms with Crippen molar-refractivity contribution in [1.29, 1.82) is 0 Å². The molecule has 3 heterocycles. The molecule has 5 heteroatoms. The van der Waals surface area contributed by atoms with E-state index in [1.807, 2.05) is 12.4 Å². The third-order valence-corrected chi connectivity index (χ3v) is 3.80. The molecule has 0 aromatic carbocycles. The van der Waals surface area contributed by atoms with E-state index in [-0.39, 0.29) is 0 Å². The summed E-state index contributed by atoms with van der Waals surface area (Å²) in [6, 6.07) is 2.57. The van der Waals surface area contributed by atoms with Crippen LogP contribution in [0.4, 0.5) is 0 Å². The zero-order valence-electron chi connectivity index (χ0n) is 10.5. The van der Waals surface area contributed by atoms with Crippen molar-refractivity contribution in [2.24, 2.45) is 0 Å². The highest BCUT2D eigenvalue weighted by Crippen LogP contribution is 2.27. The highest BCUT2D eigenvalue weighted by Gasteiger charge is 2.25. The Morgan fingerprint density at radius 2 is 2.39 bits per heavy atom. The molecule has 96 valence electrons. The van der Waals surface area contributed by atoms with Gasteiger partial charge in [-0.15, -0.1) is 11.6 Å². The summed E-state index contributed by atoms with van der Waals surface area (Å²) >= 11 is 5.89. The van der Waals surface area contributed by atoms with Crippen LogP contribution >= 0.6 is 11.6 Å². The summed E-state index contributed by atoms with van der Waals surface area (Å²) in [5.74, 6) is 1.70. The lowest BCUT2D eigenvalue weighted by Gasteiger charge is -2.16. The Labute approximate surface area is 112 Å². The van der Waals surface area contributed by atoms with Crippen molar-refractivity contribution in [3.05, 3.63) is 24.3 Å². The van der Waals surface area contributed by atoms with E-state index < -0.39 is 0 Å². The van der Waals surface area contributed by atoms with E-state index in [9.17, 15) is 0 Å². The molecule has 18 heavy (non-hydrogen) atoms. The number of hydrogen-bond donors (Lipinski definition) is 0. The Morgan fingerprint density at radius 3 is 3.11 bits per heavy atom. The van der Waals surface area contributed by atoms with Crippen LogP contribution in [0.3, 0.4) is 0 Å². The Hall–Kier alpha value is -1.13. The van der Waals surface area contributed by atoms with Crippen LogP contribution in [0.1, 0.15) is 18.3 Å². The van der Waals surface area contributed by atoms with Gasteiger partial charge in [-0.05, 0) is 26.1 Å². The predicted octanol–water partition coefficient (Wildman–Crippen LogP) is 2.09. The highest BCUT2D eigenvalue weighted by molar-refractivity contribution is 6.17. The largest absolute Gasteiger partial charge is 0.323 e. The maximum atomic E-state index is 5.89. The third-order valence-electron chi connectivity index (χ3n) is 3.61. The standard InChI is InChI=1S/C13H17ClN4/c1-17-7-4-10(9-17)18-12-3-6-15-8-11(12)16-13(18)2-5-14/h3,6,8,10H,2,4-5,7,9H2,1H3. The van der Waals surface area contributed by atoms with Crippen molar-refractivity contribution in [3.63, 3.8) is 0 Å². The lowest BCUT2D eigenvalue weighted by molar-refractivity contribution is 0.392. The highest BCUT2D eigenvalue weighted by atomic mass is 35.5. The van der Waals surface area contributed by atoms with Gasteiger partial charge in [0.05, 0.1) is 11.7 Å². The molecule has 1 fully saturated rings. The fraction of sp³-hybridized carbons (Fsp3) is 0.538. The van der Waals surface area contributed by atoms with Crippen molar-refractivity contribution in [2.45, 2.75) is 18.9 Å². The molecule has 2 aromatic rings. The quantitative estimate of drug-likeness (QED) is 0.796. The Balaban J connectivity index is 2.09. The van der Waals surface area contributed by atoms with E-state index in [4.69, 9.17) is 11.6 Å². The lowest BCUT2D eigenvalue weighted by atomic mass is 10.2. The van der Waals surface area contributed by atoms with Gasteiger partial charge in [0.1, 0.15) is 11.3 Å². The SMILES string of the molecule is CN1CCC(n2c(CCCl)nc3cnccc32)C1. The molecular weight excluding hydrogens is 248 g/mol. The van der Waals surface area contributed by atoms with Crippen LogP contribution < -0.4 is 0 Å². The molecule has 1 saturated heterocycles. The van der Waals surface area contributed by atoms with Gasteiger partial charge in [0, 0.05) is 31.1 Å². The summed E-state index contributed by atoms with van der Waals surface area (Å²) < 4.78 is 2.36. The maximum Gasteiger partial charge on any atom is 0.111 e. The average Bonchev–Trinajstić information content (AvgIpc) is 2.92. The predicted molar refractivity (Wildman–Crippen MR) is 73.1 cm³/mol. The smallest absolute Gasteiger partial charge is 0.111 e. The minimum atomic E-state index is 0.514. The van der Waals surface area contributed by atoms with Crippen molar-refractivity contribution < 1.29 is 0 Å². The maximum absolute atomic E-state index is 5.89. The number of hydrogen-bond acceptors (Lipinski definition) is 3. The number of likely N-dealkylation sites (N-methyl/N-ethyl adjacent to an activating group) is 1. The van der Waals surface area contributed by atoms with Crippen LogP contribution in [-0.4, -0.2) is 45.5 Å². The summed E-state index contributed by atoms with van der Waals surface area (Å²) in [5, 5.41) is 0. The molecule has 0 aliphatic carbocycles. The van der Waals surface area contributed by atoms with E-state index in [0.29, 0.717) is 11.9 Å². The van der Waals surface area contributed by atoms with Gasteiger partial charge >= 0.3 is 0 Å². The summed E-state index contributed by atoms with van der Waals surface area (Å²) in [6.45, 7) is 2.23. The Morgan fingerprint density at radius 1 is 1.50 bits per heavy atom. The second kappa shape index (κ2) is 4.86. The van der Waals surface area contributed by atoms with Crippen LogP contribution in [0, 0.1) is 0 Å². The number of fused-ring (bicyclic) bond motifs is 1. The van der Waals surface area contributed by atoms with Gasteiger partial charge in [-0.2, -0.15) is 0 Å². The van der Waals surface area contributed by atoms with Gasteiger partial charge in [-0.1, -0.05) is 0 Å². The molecular formula is C13H17ClN4. The van der Waals surface area contributed by atoms with E-state index in [1.54, 1.807) is 0 Å². The van der Waals surface area contributed by atoms with Gasteiger partial charge in [-0.3, -0.25) is 4.98 Å². The molecule has 0 saturated carbocycles. The second-order valence-electron chi connectivity index (χ2n) is 4.91. The van der Waals surface area contributed by atoms with E-state index in [1.165, 1.54) is 11.9 Å². The fourth-order valence-electron chi connectivity index (χ4n) is 2.79. The first-order chi connectivity index (χ1) is 8.79. The normalized spacial score (nSPS) is 20.9. The van der Waals surface area contributed by atoms with Crippen molar-refractivity contribution in [1.82, 2.24) is 19.4 Å². The summed E-state index contributed by atoms with van der Waals surface area (Å²) in [7, 11) is 2.17. The lowest BCUT2D eigenvalue weighted by Crippen LogP contribution is -2.18. The Kier molecular flexibility index (Phi) is 3.22. The molecule has 1 aliphatic rings. The molecule has 1 aliphatic heterocycles. The molecule has 0 bridgehead atoms. The van der Waals surface area contributed by atoms with Crippen LogP contribution in [-0.2, 0) is 6.42 Å². The minimum Gasteiger partial charge on any atom is -0.323 e. The number of alkyl halides is 1. The molecule has 4 nitrogen and oxygen atoms in total. The van der Waals surface area contributed by atoms with Gasteiger partial charge in [0.2, 0.25) is 0 Å². The summed E-state index contributed by atoms with van der Waals surface area (Å²) in [6.07, 6.45) is 5.67. The molecule has 0 spiro atoms. The number of pyridine rings is 1. The first kappa shape index (κ1) is 11.9. The summed E-state index contributed by atoms with van der Waals surface area (Å²) in [5.41, 5.74) is 2.16. The average molecular weight is 265 g/mol. The van der Waals surface area contributed by atoms with Gasteiger partial charge in [-0.25, -0.2) is 4.98 Å². The third kappa shape index (κ3) is 1.99. The van der Waals surface area contributed by atoms with E-state index in [2.05, 4.69) is 32.5 Å². The molecule has 2 aromatic heterocycles. The van der Waals surface area contributed by atoms with Crippen LogP contribution in [0.15, 0.2) is 18.5 Å². The first-order valence-electron chi connectivity index (χ1n) is 6.35. The topological polar surface area (TPSA) is 34.0 Å². The van der Waals surface area contributed by atoms with Crippen LogP contribution in [0.25, 0.3) is 11.0 Å². The van der Waals surface area contributed by atoms with Crippen molar-refractivity contribution >= 4 is 22.6 Å². The molecule has 0 N–H and O–H groups in total. The Bertz CT molecular complexity index is 551. The van der Waals surface area contributed by atoms with Gasteiger partial charge in [0.15, 0.2) is 0 Å². The molecule has 3 rings (SSSR count). The van der Waals surface area contributed by atoms with E-state index in [0.717, 1.165) is 30.9 Å². The fourth-order valence-corrected chi connectivity index (χ4v) is 2.96. The number of imidazole rings is 1. The van der Waals surface area contributed by atoms with Crippen LogP contribution in [0.2, 0.25) is 0 Å². The first-order valence-corrected chi connectivity index (χ1v) is 6.88. The number of aryl methyl sites for hydroxylation is 1. The van der Waals surface area contributed by atoms with E-state index >= 15 is 0 Å². The molecule has 0 radical (unpaired) electrons. The van der Waals surface area contributed by atoms with Crippen LogP contribution in [0.5, 0.6) is 0 Å². The molecule has 1 atom stereocenters. The molecule has 1 unspecified atom stereocenters. The zero-order valence-corrected chi connectivity index (χ0v) is 11.3. The molecule has 0 amide bonds. The second-order valence-corrected chi connectivity index (χ2v) is 5.28.